The summed E-state index contributed by atoms with van der Waals surface area (Å²) in [5.41, 5.74) is -0.540. The highest BCUT2D eigenvalue weighted by atomic mass is 16.2. The van der Waals surface area contributed by atoms with Gasteiger partial charge in [0.2, 0.25) is 5.91 Å². The van der Waals surface area contributed by atoms with E-state index >= 15 is 0 Å². The zero-order valence-corrected chi connectivity index (χ0v) is 7.51. The number of carbonyl (C=O) groups is 1. The Morgan fingerprint density at radius 3 is 2.27 bits per heavy atom. The molecule has 0 bridgehead atoms. The van der Waals surface area contributed by atoms with Crippen molar-refractivity contribution in [2.45, 2.75) is 20.3 Å². The third-order valence-electron chi connectivity index (χ3n) is 1.39. The lowest BCUT2D eigenvalue weighted by molar-refractivity contribution is -0.130. The Hall–Kier alpha value is -1.04. The summed E-state index contributed by atoms with van der Waals surface area (Å²) in [4.78, 5) is 12.6. The standard InChI is InChI=1S/C8H14N2O/c1-8(2,6-9)5-7(11)10(3)4/h5H2,1-4H3. The van der Waals surface area contributed by atoms with E-state index in [1.54, 1.807) is 27.9 Å². The summed E-state index contributed by atoms with van der Waals surface area (Å²) in [5.74, 6) is -0.00319. The normalized spacial score (nSPS) is 10.5. The molecule has 0 heterocycles. The minimum Gasteiger partial charge on any atom is -0.349 e. The van der Waals surface area contributed by atoms with Gasteiger partial charge in [0.25, 0.3) is 0 Å². The second kappa shape index (κ2) is 3.38. The summed E-state index contributed by atoms with van der Waals surface area (Å²) in [5, 5.41) is 8.60. The van der Waals surface area contributed by atoms with Crippen molar-refractivity contribution < 1.29 is 4.79 Å². The Bertz CT molecular complexity index is 189. The zero-order valence-electron chi connectivity index (χ0n) is 7.51. The van der Waals surface area contributed by atoms with Gasteiger partial charge in [-0.1, -0.05) is 0 Å². The van der Waals surface area contributed by atoms with Gasteiger partial charge in [-0.2, -0.15) is 5.26 Å². The van der Waals surface area contributed by atoms with Crippen LogP contribution in [0.4, 0.5) is 0 Å². The van der Waals surface area contributed by atoms with Crippen LogP contribution in [0.5, 0.6) is 0 Å². The molecule has 62 valence electrons. The van der Waals surface area contributed by atoms with Crippen LogP contribution in [0.2, 0.25) is 0 Å². The molecule has 0 aromatic heterocycles. The summed E-state index contributed by atoms with van der Waals surface area (Å²) in [6.07, 6.45) is 0.288. The van der Waals surface area contributed by atoms with Gasteiger partial charge in [-0.25, -0.2) is 0 Å². The topological polar surface area (TPSA) is 44.1 Å². The Balaban J connectivity index is 4.08. The third kappa shape index (κ3) is 3.61. The summed E-state index contributed by atoms with van der Waals surface area (Å²) in [7, 11) is 3.38. The second-order valence-electron chi connectivity index (χ2n) is 3.46. The van der Waals surface area contributed by atoms with Gasteiger partial charge < -0.3 is 4.90 Å². The van der Waals surface area contributed by atoms with Crippen molar-refractivity contribution in [1.82, 2.24) is 4.90 Å². The quantitative estimate of drug-likeness (QED) is 0.596. The number of hydrogen-bond acceptors (Lipinski definition) is 2. The first-order chi connectivity index (χ1) is 4.89. The molecule has 0 fully saturated rings. The molecule has 0 spiro atoms. The highest BCUT2D eigenvalue weighted by molar-refractivity contribution is 5.76. The van der Waals surface area contributed by atoms with Crippen molar-refractivity contribution in [3.05, 3.63) is 0 Å². The van der Waals surface area contributed by atoms with Crippen LogP contribution in [-0.2, 0) is 4.79 Å². The number of carbonyl (C=O) groups excluding carboxylic acids is 1. The van der Waals surface area contributed by atoms with Crippen molar-refractivity contribution >= 4 is 5.91 Å². The maximum atomic E-state index is 11.1. The molecule has 0 aliphatic heterocycles. The number of rotatable bonds is 2. The van der Waals surface area contributed by atoms with E-state index in [2.05, 4.69) is 6.07 Å². The van der Waals surface area contributed by atoms with Gasteiger partial charge in [-0.15, -0.1) is 0 Å². The fourth-order valence-corrected chi connectivity index (χ4v) is 0.576. The minimum absolute atomic E-state index is 0.00319. The van der Waals surface area contributed by atoms with E-state index in [4.69, 9.17) is 5.26 Å². The number of amides is 1. The SMILES string of the molecule is CN(C)C(=O)CC(C)(C)C#N. The van der Waals surface area contributed by atoms with Crippen LogP contribution in [0.15, 0.2) is 0 Å². The van der Waals surface area contributed by atoms with Gasteiger partial charge in [0.15, 0.2) is 0 Å². The summed E-state index contributed by atoms with van der Waals surface area (Å²) >= 11 is 0. The molecule has 0 aliphatic rings. The van der Waals surface area contributed by atoms with Crippen LogP contribution in [0, 0.1) is 16.7 Å². The van der Waals surface area contributed by atoms with E-state index in [1.165, 1.54) is 4.90 Å². The monoisotopic (exact) mass is 154 g/mol. The molecule has 0 aliphatic carbocycles. The molecule has 0 atom stereocenters. The maximum absolute atomic E-state index is 11.1. The highest BCUT2D eigenvalue weighted by Gasteiger charge is 2.21. The van der Waals surface area contributed by atoms with Crippen molar-refractivity contribution in [2.24, 2.45) is 5.41 Å². The lowest BCUT2D eigenvalue weighted by Gasteiger charge is -2.17. The van der Waals surface area contributed by atoms with Crippen molar-refractivity contribution in [2.75, 3.05) is 14.1 Å². The van der Waals surface area contributed by atoms with Gasteiger partial charge in [-0.05, 0) is 13.8 Å². The molecule has 0 unspecified atom stereocenters. The fraction of sp³-hybridized carbons (Fsp3) is 0.750. The smallest absolute Gasteiger partial charge is 0.223 e. The van der Waals surface area contributed by atoms with Gasteiger partial charge in [0.05, 0.1) is 11.5 Å². The number of nitriles is 1. The Labute approximate surface area is 67.6 Å². The van der Waals surface area contributed by atoms with E-state index in [0.717, 1.165) is 0 Å². The molecule has 0 saturated carbocycles. The molecular formula is C8H14N2O. The minimum atomic E-state index is -0.540. The Kier molecular flexibility index (Phi) is 3.06. The van der Waals surface area contributed by atoms with Gasteiger partial charge in [0.1, 0.15) is 0 Å². The first-order valence-electron chi connectivity index (χ1n) is 3.50. The molecule has 1 amide bonds. The predicted octanol–water partition coefficient (Wildman–Crippen LogP) is 1.01. The van der Waals surface area contributed by atoms with Gasteiger partial charge in [-0.3, -0.25) is 4.79 Å². The van der Waals surface area contributed by atoms with Gasteiger partial charge >= 0.3 is 0 Å². The molecule has 3 heteroatoms. The molecule has 0 saturated heterocycles. The van der Waals surface area contributed by atoms with Crippen molar-refractivity contribution in [1.29, 1.82) is 5.26 Å². The van der Waals surface area contributed by atoms with Gasteiger partial charge in [0, 0.05) is 20.5 Å². The van der Waals surface area contributed by atoms with E-state index in [0.29, 0.717) is 0 Å². The first-order valence-corrected chi connectivity index (χ1v) is 3.50. The Morgan fingerprint density at radius 1 is 1.55 bits per heavy atom. The second-order valence-corrected chi connectivity index (χ2v) is 3.46. The fourth-order valence-electron chi connectivity index (χ4n) is 0.576. The average Bonchev–Trinajstić information content (AvgIpc) is 1.87. The van der Waals surface area contributed by atoms with Crippen LogP contribution in [-0.4, -0.2) is 24.9 Å². The molecule has 11 heavy (non-hydrogen) atoms. The molecule has 0 aromatic rings. The summed E-state index contributed by atoms with van der Waals surface area (Å²) in [6.45, 7) is 3.52. The molecular weight excluding hydrogens is 140 g/mol. The first kappa shape index (κ1) is 9.96. The largest absolute Gasteiger partial charge is 0.349 e. The molecule has 0 radical (unpaired) electrons. The number of nitrogens with zero attached hydrogens (tertiary/aromatic N) is 2. The molecule has 3 nitrogen and oxygen atoms in total. The third-order valence-corrected chi connectivity index (χ3v) is 1.39. The molecule has 0 N–H and O–H groups in total. The average molecular weight is 154 g/mol. The van der Waals surface area contributed by atoms with Crippen molar-refractivity contribution in [3.63, 3.8) is 0 Å². The van der Waals surface area contributed by atoms with E-state index < -0.39 is 5.41 Å². The van der Waals surface area contributed by atoms with Crippen LogP contribution in [0.3, 0.4) is 0 Å². The van der Waals surface area contributed by atoms with E-state index in [1.807, 2.05) is 0 Å². The van der Waals surface area contributed by atoms with Crippen LogP contribution in [0.25, 0.3) is 0 Å². The van der Waals surface area contributed by atoms with Crippen molar-refractivity contribution in [3.8, 4) is 6.07 Å². The number of hydrogen-bond donors (Lipinski definition) is 0. The Morgan fingerprint density at radius 2 is 2.00 bits per heavy atom. The van der Waals surface area contributed by atoms with Crippen LogP contribution < -0.4 is 0 Å². The summed E-state index contributed by atoms with van der Waals surface area (Å²) < 4.78 is 0. The molecule has 0 aromatic carbocycles. The summed E-state index contributed by atoms with van der Waals surface area (Å²) in [6, 6.07) is 2.08. The maximum Gasteiger partial charge on any atom is 0.223 e. The zero-order chi connectivity index (χ0) is 9.07. The van der Waals surface area contributed by atoms with E-state index in [-0.39, 0.29) is 12.3 Å². The molecule has 0 rings (SSSR count). The lowest BCUT2D eigenvalue weighted by atomic mass is 9.91. The lowest BCUT2D eigenvalue weighted by Crippen LogP contribution is -2.26. The van der Waals surface area contributed by atoms with Crippen LogP contribution >= 0.6 is 0 Å². The highest BCUT2D eigenvalue weighted by Crippen LogP contribution is 2.18. The predicted molar refractivity (Wildman–Crippen MR) is 42.7 cm³/mol. The van der Waals surface area contributed by atoms with E-state index in [9.17, 15) is 4.79 Å². The van der Waals surface area contributed by atoms with Crippen LogP contribution in [0.1, 0.15) is 20.3 Å².